The van der Waals surface area contributed by atoms with Crippen molar-refractivity contribution in [2.45, 2.75) is 38.0 Å². The van der Waals surface area contributed by atoms with Crippen molar-refractivity contribution in [2.75, 3.05) is 14.2 Å². The number of pyridine rings is 1. The first-order chi connectivity index (χ1) is 19.2. The third-order valence-corrected chi connectivity index (χ3v) is 7.29. The second kappa shape index (κ2) is 11.0. The zero-order chi connectivity index (χ0) is 28.4. The molecule has 208 valence electrons. The maximum atomic E-state index is 13.6. The van der Waals surface area contributed by atoms with Gasteiger partial charge in [-0.15, -0.1) is 0 Å². The Hall–Kier alpha value is -4.34. The van der Waals surface area contributed by atoms with Gasteiger partial charge in [-0.05, 0) is 72.4 Å². The van der Waals surface area contributed by atoms with Gasteiger partial charge in [0.15, 0.2) is 0 Å². The minimum atomic E-state index is -4.64. The van der Waals surface area contributed by atoms with Gasteiger partial charge in [0.1, 0.15) is 18.0 Å². The van der Waals surface area contributed by atoms with Crippen LogP contribution < -0.4 is 15.0 Å². The highest BCUT2D eigenvalue weighted by Gasteiger charge is 2.44. The molecular weight excluding hydrogens is 523 g/mol. The molecule has 0 bridgehead atoms. The van der Waals surface area contributed by atoms with E-state index in [0.717, 1.165) is 58.1 Å². The number of methoxy groups -OCH3 is 2. The van der Waals surface area contributed by atoms with E-state index in [4.69, 9.17) is 14.6 Å². The van der Waals surface area contributed by atoms with Crippen molar-refractivity contribution in [2.24, 2.45) is 11.0 Å². The van der Waals surface area contributed by atoms with E-state index in [0.29, 0.717) is 18.0 Å². The molecule has 2 aromatic carbocycles. The van der Waals surface area contributed by atoms with Gasteiger partial charge >= 0.3 is 6.18 Å². The molecule has 2 atom stereocenters. The summed E-state index contributed by atoms with van der Waals surface area (Å²) in [5, 5.41) is 6.09. The van der Waals surface area contributed by atoms with E-state index in [1.165, 1.54) is 5.01 Å². The van der Waals surface area contributed by atoms with E-state index in [9.17, 15) is 22.8 Å². The number of ether oxygens (including phenoxy) is 2. The Balaban J connectivity index is 1.52. The molecule has 1 saturated carbocycles. The summed E-state index contributed by atoms with van der Waals surface area (Å²) in [6.45, 7) is -0.573. The SMILES string of the molecule is COc1ccc(C=C2CCCC3C2=NN(C(=O)Cn2cc(C(F)(F)F)ccc2=O)C3c2ccc(OC)cc2)cc1. The summed E-state index contributed by atoms with van der Waals surface area (Å²) in [5.74, 6) is 0.699. The van der Waals surface area contributed by atoms with Gasteiger partial charge in [-0.25, -0.2) is 5.01 Å². The fourth-order valence-electron chi connectivity index (χ4n) is 5.28. The second-order valence-corrected chi connectivity index (χ2v) is 9.76. The van der Waals surface area contributed by atoms with Crippen molar-refractivity contribution in [3.05, 3.63) is 99.5 Å². The summed E-state index contributed by atoms with van der Waals surface area (Å²) in [5.41, 5.74) is 1.84. The number of carbonyl (C=O) groups excluding carboxylic acids is 1. The lowest BCUT2D eigenvalue weighted by Gasteiger charge is -2.30. The highest BCUT2D eigenvalue weighted by molar-refractivity contribution is 6.08. The standard InChI is InChI=1S/C30H28F3N3O4/c1-39-23-11-6-19(7-12-23)16-21-4-3-5-25-28(21)34-36(29(25)20-8-13-24(40-2)14-9-20)27(38)18-35-17-22(30(31,32)33)10-15-26(35)37/h6-17,25,29H,3-5,18H2,1-2H3. The fourth-order valence-corrected chi connectivity index (χ4v) is 5.28. The molecule has 0 radical (unpaired) electrons. The van der Waals surface area contributed by atoms with Crippen LogP contribution in [0.25, 0.3) is 6.08 Å². The molecule has 1 aromatic heterocycles. The number of benzene rings is 2. The van der Waals surface area contributed by atoms with Gasteiger partial charge in [-0.3, -0.25) is 9.59 Å². The zero-order valence-electron chi connectivity index (χ0n) is 22.0. The number of hydrogen-bond donors (Lipinski definition) is 0. The summed E-state index contributed by atoms with van der Waals surface area (Å²) in [4.78, 5) is 26.0. The molecule has 40 heavy (non-hydrogen) atoms. The highest BCUT2D eigenvalue weighted by atomic mass is 19.4. The number of allylic oxidation sites excluding steroid dienone is 1. The third-order valence-electron chi connectivity index (χ3n) is 7.29. The maximum absolute atomic E-state index is 13.6. The van der Waals surface area contributed by atoms with Crippen LogP contribution in [0.3, 0.4) is 0 Å². The number of rotatable bonds is 6. The molecule has 5 rings (SSSR count). The van der Waals surface area contributed by atoms with Crippen LogP contribution in [0.15, 0.2) is 82.3 Å². The van der Waals surface area contributed by atoms with E-state index in [1.807, 2.05) is 42.5 Å². The van der Waals surface area contributed by atoms with Crippen LogP contribution in [0.4, 0.5) is 13.2 Å². The summed E-state index contributed by atoms with van der Waals surface area (Å²) >= 11 is 0. The first-order valence-corrected chi connectivity index (χ1v) is 12.8. The van der Waals surface area contributed by atoms with Crippen LogP contribution in [0.2, 0.25) is 0 Å². The largest absolute Gasteiger partial charge is 0.497 e. The van der Waals surface area contributed by atoms with Gasteiger partial charge in [-0.1, -0.05) is 24.3 Å². The Labute approximate surface area is 229 Å². The van der Waals surface area contributed by atoms with Crippen LogP contribution in [-0.2, 0) is 17.5 Å². The Morgan fingerprint density at radius 2 is 1.65 bits per heavy atom. The number of amides is 1. The Bertz CT molecular complexity index is 1510. The molecule has 10 heteroatoms. The minimum absolute atomic E-state index is 0.117. The second-order valence-electron chi connectivity index (χ2n) is 9.76. The van der Waals surface area contributed by atoms with Gasteiger partial charge in [0.05, 0.1) is 31.5 Å². The number of hydrazone groups is 1. The number of nitrogens with zero attached hydrogens (tertiary/aromatic N) is 3. The molecule has 1 fully saturated rings. The highest BCUT2D eigenvalue weighted by Crippen LogP contribution is 2.44. The van der Waals surface area contributed by atoms with Crippen LogP contribution in [0, 0.1) is 5.92 Å². The van der Waals surface area contributed by atoms with E-state index in [2.05, 4.69) is 0 Å². The van der Waals surface area contributed by atoms with E-state index < -0.39 is 35.8 Å². The number of carbonyl (C=O) groups is 1. The minimum Gasteiger partial charge on any atom is -0.497 e. The lowest BCUT2D eigenvalue weighted by atomic mass is 9.77. The number of hydrogen-bond acceptors (Lipinski definition) is 5. The number of halogens is 3. The Morgan fingerprint density at radius 1 is 1.00 bits per heavy atom. The Kier molecular flexibility index (Phi) is 7.51. The molecular formula is C30H28F3N3O4. The van der Waals surface area contributed by atoms with Gasteiger partial charge in [0.25, 0.3) is 11.5 Å². The molecule has 1 aliphatic carbocycles. The summed E-state index contributed by atoms with van der Waals surface area (Å²) in [6, 6.07) is 16.0. The van der Waals surface area contributed by atoms with Crippen molar-refractivity contribution in [1.82, 2.24) is 9.58 Å². The van der Waals surface area contributed by atoms with Crippen molar-refractivity contribution in [1.29, 1.82) is 0 Å². The lowest BCUT2D eigenvalue weighted by molar-refractivity contribution is -0.139. The quantitative estimate of drug-likeness (QED) is 0.394. The van der Waals surface area contributed by atoms with Crippen LogP contribution >= 0.6 is 0 Å². The maximum Gasteiger partial charge on any atom is 0.417 e. The molecule has 3 aromatic rings. The van der Waals surface area contributed by atoms with Crippen molar-refractivity contribution in [3.63, 3.8) is 0 Å². The predicted octanol–water partition coefficient (Wildman–Crippen LogP) is 5.71. The van der Waals surface area contributed by atoms with Crippen LogP contribution in [-0.4, -0.2) is 35.4 Å². The predicted molar refractivity (Wildman–Crippen MR) is 144 cm³/mol. The van der Waals surface area contributed by atoms with Gasteiger partial charge in [0, 0.05) is 18.2 Å². The molecule has 0 spiro atoms. The number of alkyl halides is 3. The van der Waals surface area contributed by atoms with Crippen molar-refractivity contribution in [3.8, 4) is 11.5 Å². The number of fused-ring (bicyclic) bond motifs is 1. The Morgan fingerprint density at radius 3 is 2.27 bits per heavy atom. The van der Waals surface area contributed by atoms with Crippen molar-refractivity contribution < 1.29 is 27.4 Å². The van der Waals surface area contributed by atoms with E-state index >= 15 is 0 Å². The molecule has 2 unspecified atom stereocenters. The monoisotopic (exact) mass is 551 g/mol. The zero-order valence-corrected chi connectivity index (χ0v) is 22.0. The molecule has 2 aliphatic rings. The number of aromatic nitrogens is 1. The smallest absolute Gasteiger partial charge is 0.417 e. The van der Waals surface area contributed by atoms with E-state index in [-0.39, 0.29) is 5.92 Å². The summed E-state index contributed by atoms with van der Waals surface area (Å²) < 4.78 is 51.2. The average Bonchev–Trinajstić information content (AvgIpc) is 3.35. The normalized spacial score (nSPS) is 19.8. The van der Waals surface area contributed by atoms with Crippen LogP contribution in [0.1, 0.15) is 42.0 Å². The molecule has 0 saturated heterocycles. The molecule has 7 nitrogen and oxygen atoms in total. The van der Waals surface area contributed by atoms with Gasteiger partial charge < -0.3 is 14.0 Å². The lowest BCUT2D eigenvalue weighted by Crippen LogP contribution is -2.36. The first-order valence-electron chi connectivity index (χ1n) is 12.8. The van der Waals surface area contributed by atoms with E-state index in [1.54, 1.807) is 26.4 Å². The summed E-state index contributed by atoms with van der Waals surface area (Å²) in [6.07, 6.45) is 0.505. The topological polar surface area (TPSA) is 73.1 Å². The van der Waals surface area contributed by atoms with Crippen LogP contribution in [0.5, 0.6) is 11.5 Å². The third kappa shape index (κ3) is 5.52. The molecule has 2 heterocycles. The molecule has 1 amide bonds. The molecule has 0 N–H and O–H groups in total. The van der Waals surface area contributed by atoms with Gasteiger partial charge in [-0.2, -0.15) is 18.3 Å². The summed E-state index contributed by atoms with van der Waals surface area (Å²) in [7, 11) is 3.16. The fraction of sp³-hybridized carbons (Fsp3) is 0.300. The molecule has 1 aliphatic heterocycles. The van der Waals surface area contributed by atoms with Crippen molar-refractivity contribution >= 4 is 17.7 Å². The average molecular weight is 552 g/mol. The van der Waals surface area contributed by atoms with Gasteiger partial charge in [0.2, 0.25) is 0 Å². The first kappa shape index (κ1) is 27.2.